The second kappa shape index (κ2) is 11.7. The summed E-state index contributed by atoms with van der Waals surface area (Å²) in [5.41, 5.74) is 3.39. The summed E-state index contributed by atoms with van der Waals surface area (Å²) in [5, 5.41) is 5.49. The fourth-order valence-electron chi connectivity index (χ4n) is 4.28. The first-order chi connectivity index (χ1) is 18.2. The van der Waals surface area contributed by atoms with E-state index in [1.807, 2.05) is 6.92 Å². The molecule has 3 N–H and O–H groups in total. The number of ether oxygens (including phenoxy) is 2. The summed E-state index contributed by atoms with van der Waals surface area (Å²) in [5.74, 6) is -0.832. The van der Waals surface area contributed by atoms with Gasteiger partial charge in [-0.2, -0.15) is 0 Å². The van der Waals surface area contributed by atoms with Gasteiger partial charge in [0.05, 0.1) is 12.7 Å². The van der Waals surface area contributed by atoms with Crippen molar-refractivity contribution < 1.29 is 23.5 Å². The van der Waals surface area contributed by atoms with E-state index in [-0.39, 0.29) is 36.0 Å². The van der Waals surface area contributed by atoms with Crippen LogP contribution in [0.5, 0.6) is 5.75 Å². The highest BCUT2D eigenvalue weighted by Crippen LogP contribution is 2.38. The molecule has 1 aliphatic rings. The van der Waals surface area contributed by atoms with Gasteiger partial charge in [-0.1, -0.05) is 23.7 Å². The van der Waals surface area contributed by atoms with Crippen molar-refractivity contribution in [2.45, 2.75) is 52.3 Å². The van der Waals surface area contributed by atoms with Gasteiger partial charge in [0.25, 0.3) is 5.56 Å². The van der Waals surface area contributed by atoms with E-state index in [4.69, 9.17) is 21.1 Å². The summed E-state index contributed by atoms with van der Waals surface area (Å²) in [6, 6.07) is 9.11. The number of carbonyl (C=O) groups is 2. The number of esters is 1. The third-order valence-corrected chi connectivity index (χ3v) is 6.99. The summed E-state index contributed by atoms with van der Waals surface area (Å²) in [6.07, 6.45) is 3.00. The summed E-state index contributed by atoms with van der Waals surface area (Å²) in [4.78, 5) is 39.6. The standard InChI is InChI=1S/C28H29ClFN3O5/c1-15-7-8-17(27(35)37-3)12-22(15)23-16(2)32-26(34)24(29)25(23)38-14-18-9-10-20(30)11-19(18)13-31-28(36)33-21-5-4-6-21/h7-12,21H,4-6,13-14H2,1-3H3,(H,32,34)(H2,31,33,36). The van der Waals surface area contributed by atoms with Gasteiger partial charge in [0.2, 0.25) is 0 Å². The average molecular weight is 542 g/mol. The minimum Gasteiger partial charge on any atom is -0.486 e. The summed E-state index contributed by atoms with van der Waals surface area (Å²) < 4.78 is 25.0. The zero-order valence-corrected chi connectivity index (χ0v) is 22.1. The van der Waals surface area contributed by atoms with Crippen LogP contribution in [0.4, 0.5) is 9.18 Å². The lowest BCUT2D eigenvalue weighted by Gasteiger charge is -2.26. The molecule has 8 nitrogen and oxygen atoms in total. The van der Waals surface area contributed by atoms with Crippen molar-refractivity contribution in [1.82, 2.24) is 15.6 Å². The Morgan fingerprint density at radius 2 is 1.89 bits per heavy atom. The Kier molecular flexibility index (Phi) is 8.36. The van der Waals surface area contributed by atoms with Gasteiger partial charge in [0.15, 0.2) is 5.75 Å². The summed E-state index contributed by atoms with van der Waals surface area (Å²) >= 11 is 6.42. The number of rotatable bonds is 8. The normalized spacial score (nSPS) is 13.0. The monoisotopic (exact) mass is 541 g/mol. The van der Waals surface area contributed by atoms with Crippen LogP contribution in [0.2, 0.25) is 5.02 Å². The number of methoxy groups -OCH3 is 1. The lowest BCUT2D eigenvalue weighted by Crippen LogP contribution is -2.44. The maximum atomic E-state index is 14.1. The number of benzene rings is 2. The molecule has 4 rings (SSSR count). The Labute approximate surface area is 224 Å². The number of hydrogen-bond acceptors (Lipinski definition) is 5. The Morgan fingerprint density at radius 1 is 1.13 bits per heavy atom. The molecule has 3 aromatic rings. The van der Waals surface area contributed by atoms with Gasteiger partial charge in [0, 0.05) is 23.8 Å². The van der Waals surface area contributed by atoms with Crippen molar-refractivity contribution in [3.05, 3.63) is 85.5 Å². The third kappa shape index (κ3) is 5.99. The van der Waals surface area contributed by atoms with Gasteiger partial charge < -0.3 is 25.1 Å². The number of aromatic amines is 1. The number of aryl methyl sites for hydroxylation is 2. The predicted octanol–water partition coefficient (Wildman–Crippen LogP) is 5.17. The van der Waals surface area contributed by atoms with E-state index < -0.39 is 17.3 Å². The maximum Gasteiger partial charge on any atom is 0.337 e. The van der Waals surface area contributed by atoms with Crippen molar-refractivity contribution in [2.24, 2.45) is 0 Å². The number of carbonyl (C=O) groups excluding carboxylic acids is 2. The lowest BCUT2D eigenvalue weighted by atomic mass is 9.93. The van der Waals surface area contributed by atoms with E-state index in [2.05, 4.69) is 15.6 Å². The van der Waals surface area contributed by atoms with Gasteiger partial charge in [-0.15, -0.1) is 0 Å². The molecule has 200 valence electrons. The molecule has 0 radical (unpaired) electrons. The molecule has 38 heavy (non-hydrogen) atoms. The summed E-state index contributed by atoms with van der Waals surface area (Å²) in [6.45, 7) is 3.60. The molecule has 0 atom stereocenters. The molecule has 0 aliphatic heterocycles. The number of pyridine rings is 1. The molecule has 1 aliphatic carbocycles. The highest BCUT2D eigenvalue weighted by atomic mass is 35.5. The van der Waals surface area contributed by atoms with Crippen LogP contribution in [0, 0.1) is 19.7 Å². The molecule has 10 heteroatoms. The minimum atomic E-state index is -0.529. The second-order valence-corrected chi connectivity index (χ2v) is 9.65. The van der Waals surface area contributed by atoms with Crippen molar-refractivity contribution in [2.75, 3.05) is 7.11 Å². The van der Waals surface area contributed by atoms with Crippen LogP contribution < -0.4 is 20.9 Å². The molecular formula is C28H29ClFN3O5. The molecule has 0 unspecified atom stereocenters. The van der Waals surface area contributed by atoms with Gasteiger partial charge in [0.1, 0.15) is 17.4 Å². The van der Waals surface area contributed by atoms with E-state index >= 15 is 0 Å². The van der Waals surface area contributed by atoms with Crippen molar-refractivity contribution in [3.63, 3.8) is 0 Å². The predicted molar refractivity (Wildman–Crippen MR) is 142 cm³/mol. The van der Waals surface area contributed by atoms with E-state index in [9.17, 15) is 18.8 Å². The molecule has 1 aromatic heterocycles. The Bertz CT molecular complexity index is 1430. The molecule has 0 spiro atoms. The van der Waals surface area contributed by atoms with E-state index in [0.717, 1.165) is 24.8 Å². The number of nitrogens with one attached hydrogen (secondary N) is 3. The third-order valence-electron chi connectivity index (χ3n) is 6.65. The fraction of sp³-hybridized carbons (Fsp3) is 0.321. The first-order valence-electron chi connectivity index (χ1n) is 12.2. The van der Waals surface area contributed by atoms with Crippen LogP contribution in [0.25, 0.3) is 11.1 Å². The molecule has 1 saturated carbocycles. The zero-order chi connectivity index (χ0) is 27.4. The van der Waals surface area contributed by atoms with Crippen molar-refractivity contribution in [1.29, 1.82) is 0 Å². The average Bonchev–Trinajstić information content (AvgIpc) is 2.87. The Morgan fingerprint density at radius 3 is 2.58 bits per heavy atom. The minimum absolute atomic E-state index is 0.0487. The number of hydrogen-bond donors (Lipinski definition) is 3. The number of halogens is 2. The maximum absolute atomic E-state index is 14.1. The fourth-order valence-corrected chi connectivity index (χ4v) is 4.48. The molecule has 0 saturated heterocycles. The number of urea groups is 1. The molecular weight excluding hydrogens is 513 g/mol. The number of aromatic nitrogens is 1. The molecule has 2 amide bonds. The second-order valence-electron chi connectivity index (χ2n) is 9.28. The lowest BCUT2D eigenvalue weighted by molar-refractivity contribution is 0.0600. The van der Waals surface area contributed by atoms with Gasteiger partial charge in [-0.3, -0.25) is 4.79 Å². The van der Waals surface area contributed by atoms with Crippen LogP contribution in [-0.4, -0.2) is 30.1 Å². The largest absolute Gasteiger partial charge is 0.486 e. The van der Waals surface area contributed by atoms with Gasteiger partial charge in [-0.25, -0.2) is 14.0 Å². The first-order valence-corrected chi connectivity index (χ1v) is 12.6. The molecule has 1 heterocycles. The van der Waals surface area contributed by atoms with E-state index in [0.29, 0.717) is 33.5 Å². The zero-order valence-electron chi connectivity index (χ0n) is 21.4. The summed E-state index contributed by atoms with van der Waals surface area (Å²) in [7, 11) is 1.30. The van der Waals surface area contributed by atoms with Crippen LogP contribution in [0.15, 0.2) is 41.2 Å². The van der Waals surface area contributed by atoms with Gasteiger partial charge in [-0.05, 0) is 79.6 Å². The topological polar surface area (TPSA) is 110 Å². The van der Waals surface area contributed by atoms with Crippen LogP contribution in [-0.2, 0) is 17.9 Å². The molecule has 2 aromatic carbocycles. The Balaban J connectivity index is 1.64. The van der Waals surface area contributed by atoms with Gasteiger partial charge >= 0.3 is 12.0 Å². The smallest absolute Gasteiger partial charge is 0.337 e. The highest BCUT2D eigenvalue weighted by molar-refractivity contribution is 6.32. The van der Waals surface area contributed by atoms with Crippen molar-refractivity contribution >= 4 is 23.6 Å². The van der Waals surface area contributed by atoms with Crippen molar-refractivity contribution in [3.8, 4) is 16.9 Å². The number of H-pyrrole nitrogens is 1. The molecule has 0 bridgehead atoms. The van der Waals surface area contributed by atoms with E-state index in [1.54, 1.807) is 31.2 Å². The van der Waals surface area contributed by atoms with Crippen LogP contribution in [0.1, 0.15) is 52.0 Å². The SMILES string of the molecule is COC(=O)c1ccc(C)c(-c2c(C)[nH]c(=O)c(Cl)c2OCc2ccc(F)cc2CNC(=O)NC2CCC2)c1. The van der Waals surface area contributed by atoms with Crippen LogP contribution >= 0.6 is 11.6 Å². The van der Waals surface area contributed by atoms with E-state index in [1.165, 1.54) is 19.2 Å². The Hall–Kier alpha value is -3.85. The molecule has 1 fully saturated rings. The first kappa shape index (κ1) is 27.2. The van der Waals surface area contributed by atoms with Crippen LogP contribution in [0.3, 0.4) is 0 Å². The highest BCUT2D eigenvalue weighted by Gasteiger charge is 2.22. The quantitative estimate of drug-likeness (QED) is 0.341. The number of amides is 2.